The van der Waals surface area contributed by atoms with Gasteiger partial charge in [0.25, 0.3) is 0 Å². The fourth-order valence-corrected chi connectivity index (χ4v) is 8.28. The van der Waals surface area contributed by atoms with Crippen molar-refractivity contribution in [3.63, 3.8) is 0 Å². The van der Waals surface area contributed by atoms with Crippen molar-refractivity contribution in [3.05, 3.63) is 164 Å². The Hall–Kier alpha value is -6.43. The van der Waals surface area contributed by atoms with Crippen LogP contribution in [0.4, 0.5) is 0 Å². The number of furan rings is 1. The van der Waals surface area contributed by atoms with Crippen LogP contribution in [0.25, 0.3) is 98.5 Å². The van der Waals surface area contributed by atoms with Gasteiger partial charge in [0.1, 0.15) is 11.2 Å². The van der Waals surface area contributed by atoms with Gasteiger partial charge in [0.15, 0.2) is 17.5 Å². The van der Waals surface area contributed by atoms with Crippen LogP contribution in [0.3, 0.4) is 0 Å². The summed E-state index contributed by atoms with van der Waals surface area (Å²) in [5, 5.41) is 4.47. The first-order chi connectivity index (χ1) is 24.8. The summed E-state index contributed by atoms with van der Waals surface area (Å²) in [6, 6.07) is 56.7. The fraction of sp³-hybridized carbons (Fsp3) is 0. The molecule has 0 unspecified atom stereocenters. The third kappa shape index (κ3) is 4.71. The summed E-state index contributed by atoms with van der Waals surface area (Å²) in [6.07, 6.45) is 0. The van der Waals surface area contributed by atoms with Gasteiger partial charge in [-0.2, -0.15) is 0 Å². The second kappa shape index (κ2) is 11.6. The number of benzene rings is 7. The highest BCUT2D eigenvalue weighted by Crippen LogP contribution is 2.43. The van der Waals surface area contributed by atoms with Gasteiger partial charge in [-0.05, 0) is 46.5 Å². The van der Waals surface area contributed by atoms with Crippen molar-refractivity contribution < 1.29 is 4.42 Å². The van der Waals surface area contributed by atoms with E-state index in [4.69, 9.17) is 19.4 Å². The molecule has 7 aromatic carbocycles. The molecular weight excluding hydrogens is 631 g/mol. The van der Waals surface area contributed by atoms with E-state index in [1.807, 2.05) is 42.5 Å². The molecule has 0 aliphatic carbocycles. The summed E-state index contributed by atoms with van der Waals surface area (Å²) in [7, 11) is 0. The van der Waals surface area contributed by atoms with Gasteiger partial charge in [0, 0.05) is 47.6 Å². The Labute approximate surface area is 292 Å². The first kappa shape index (κ1) is 28.6. The van der Waals surface area contributed by atoms with E-state index in [1.54, 1.807) is 11.3 Å². The largest absolute Gasteiger partial charge is 0.456 e. The van der Waals surface area contributed by atoms with Gasteiger partial charge in [-0.1, -0.05) is 140 Å². The molecule has 0 atom stereocenters. The summed E-state index contributed by atoms with van der Waals surface area (Å²) < 4.78 is 8.86. The molecule has 50 heavy (non-hydrogen) atoms. The Morgan fingerprint density at radius 3 is 1.66 bits per heavy atom. The van der Waals surface area contributed by atoms with Crippen molar-refractivity contribution in [2.24, 2.45) is 0 Å². The van der Waals surface area contributed by atoms with E-state index < -0.39 is 0 Å². The van der Waals surface area contributed by atoms with Crippen molar-refractivity contribution in [3.8, 4) is 56.4 Å². The molecule has 234 valence electrons. The highest BCUT2D eigenvalue weighted by atomic mass is 32.1. The number of hydrogen-bond donors (Lipinski definition) is 0. The predicted octanol–water partition coefficient (Wildman–Crippen LogP) is 12.5. The maximum atomic E-state index is 6.47. The molecule has 10 aromatic rings. The standard InChI is InChI=1S/C45H27N3OS/c1-4-13-28(14-5-1)31-25-26-33-34-20-10-22-36(42(34)50-39(33)27-31)45-47-43(30-17-8-3-9-18-30)46-44(48-45)35-21-12-24-38-41(35)40-32(19-11-23-37(40)49-38)29-15-6-2-7-16-29/h1-27H. The van der Waals surface area contributed by atoms with Gasteiger partial charge in [-0.25, -0.2) is 15.0 Å². The SMILES string of the molecule is c1ccc(-c2ccc3c(c2)sc2c(-c4nc(-c5ccccc5)nc(-c5cccc6oc7cccc(-c8ccccc8)c7c56)n4)cccc23)cc1. The lowest BCUT2D eigenvalue weighted by Gasteiger charge is -2.10. The topological polar surface area (TPSA) is 51.8 Å². The molecule has 0 radical (unpaired) electrons. The fourth-order valence-electron chi connectivity index (χ4n) is 7.03. The van der Waals surface area contributed by atoms with Gasteiger partial charge in [-0.15, -0.1) is 11.3 Å². The summed E-state index contributed by atoms with van der Waals surface area (Å²) in [5.74, 6) is 1.88. The molecule has 3 heterocycles. The first-order valence-electron chi connectivity index (χ1n) is 16.6. The third-order valence-electron chi connectivity index (χ3n) is 9.36. The number of hydrogen-bond acceptors (Lipinski definition) is 5. The lowest BCUT2D eigenvalue weighted by Crippen LogP contribution is -2.00. The van der Waals surface area contributed by atoms with E-state index >= 15 is 0 Å². The van der Waals surface area contributed by atoms with Crippen LogP contribution in [0.15, 0.2) is 168 Å². The zero-order valence-corrected chi connectivity index (χ0v) is 27.6. The van der Waals surface area contributed by atoms with Crippen molar-refractivity contribution >= 4 is 53.4 Å². The molecule has 5 heteroatoms. The van der Waals surface area contributed by atoms with E-state index in [0.717, 1.165) is 54.5 Å². The van der Waals surface area contributed by atoms with Crippen molar-refractivity contribution in [1.29, 1.82) is 0 Å². The maximum absolute atomic E-state index is 6.47. The molecule has 0 saturated carbocycles. The Morgan fingerprint density at radius 1 is 0.380 bits per heavy atom. The monoisotopic (exact) mass is 657 g/mol. The minimum absolute atomic E-state index is 0.606. The molecular formula is C45H27N3OS. The van der Waals surface area contributed by atoms with Crippen LogP contribution in [-0.4, -0.2) is 15.0 Å². The van der Waals surface area contributed by atoms with Gasteiger partial charge < -0.3 is 4.42 Å². The Morgan fingerprint density at radius 2 is 0.940 bits per heavy atom. The minimum Gasteiger partial charge on any atom is -0.456 e. The van der Waals surface area contributed by atoms with Crippen LogP contribution in [-0.2, 0) is 0 Å². The van der Waals surface area contributed by atoms with Crippen LogP contribution in [0, 0.1) is 0 Å². The summed E-state index contributed by atoms with van der Waals surface area (Å²) in [5.41, 5.74) is 9.10. The molecule has 0 aliphatic heterocycles. The van der Waals surface area contributed by atoms with Crippen molar-refractivity contribution in [2.45, 2.75) is 0 Å². The Bertz CT molecular complexity index is 2860. The van der Waals surface area contributed by atoms with E-state index in [1.165, 1.54) is 26.6 Å². The second-order valence-electron chi connectivity index (χ2n) is 12.4. The minimum atomic E-state index is 0.606. The molecule has 0 amide bonds. The highest BCUT2D eigenvalue weighted by Gasteiger charge is 2.21. The summed E-state index contributed by atoms with van der Waals surface area (Å²) >= 11 is 1.79. The lowest BCUT2D eigenvalue weighted by molar-refractivity contribution is 0.669. The molecule has 0 aliphatic rings. The maximum Gasteiger partial charge on any atom is 0.165 e. The van der Waals surface area contributed by atoms with E-state index in [-0.39, 0.29) is 0 Å². The zero-order chi connectivity index (χ0) is 33.0. The van der Waals surface area contributed by atoms with E-state index in [9.17, 15) is 0 Å². The zero-order valence-electron chi connectivity index (χ0n) is 26.7. The van der Waals surface area contributed by atoms with Crippen LogP contribution in [0.5, 0.6) is 0 Å². The van der Waals surface area contributed by atoms with Gasteiger partial charge in [0.05, 0.1) is 0 Å². The van der Waals surface area contributed by atoms with Crippen LogP contribution < -0.4 is 0 Å². The van der Waals surface area contributed by atoms with E-state index in [0.29, 0.717) is 17.5 Å². The third-order valence-corrected chi connectivity index (χ3v) is 10.6. The summed E-state index contributed by atoms with van der Waals surface area (Å²) in [4.78, 5) is 15.6. The molecule has 0 bridgehead atoms. The molecule has 0 spiro atoms. The Balaban J connectivity index is 1.22. The van der Waals surface area contributed by atoms with Gasteiger partial charge in [0.2, 0.25) is 0 Å². The number of rotatable bonds is 5. The smallest absolute Gasteiger partial charge is 0.165 e. The number of nitrogens with zero attached hydrogens (tertiary/aromatic N) is 3. The predicted molar refractivity (Wildman–Crippen MR) is 207 cm³/mol. The summed E-state index contributed by atoms with van der Waals surface area (Å²) in [6.45, 7) is 0. The molecule has 4 nitrogen and oxygen atoms in total. The highest BCUT2D eigenvalue weighted by molar-refractivity contribution is 7.26. The van der Waals surface area contributed by atoms with E-state index in [2.05, 4.69) is 121 Å². The molecule has 10 rings (SSSR count). The number of aromatic nitrogens is 3. The van der Waals surface area contributed by atoms with Gasteiger partial charge in [-0.3, -0.25) is 0 Å². The number of fused-ring (bicyclic) bond motifs is 6. The van der Waals surface area contributed by atoms with Crippen LogP contribution >= 0.6 is 11.3 Å². The van der Waals surface area contributed by atoms with Crippen molar-refractivity contribution in [1.82, 2.24) is 15.0 Å². The van der Waals surface area contributed by atoms with Gasteiger partial charge >= 0.3 is 0 Å². The van der Waals surface area contributed by atoms with Crippen LogP contribution in [0.1, 0.15) is 0 Å². The van der Waals surface area contributed by atoms with Crippen molar-refractivity contribution in [2.75, 3.05) is 0 Å². The molecule has 0 saturated heterocycles. The lowest BCUT2D eigenvalue weighted by atomic mass is 9.97. The molecule has 0 fully saturated rings. The Kier molecular flexibility index (Phi) is 6.64. The average molecular weight is 658 g/mol. The number of thiophene rings is 1. The van der Waals surface area contributed by atoms with Crippen LogP contribution in [0.2, 0.25) is 0 Å². The first-order valence-corrected chi connectivity index (χ1v) is 17.4. The second-order valence-corrected chi connectivity index (χ2v) is 13.4. The quantitative estimate of drug-likeness (QED) is 0.185. The average Bonchev–Trinajstić information content (AvgIpc) is 3.77. The normalized spacial score (nSPS) is 11.6. The molecule has 3 aromatic heterocycles. The molecule has 0 N–H and O–H groups in total.